The predicted octanol–water partition coefficient (Wildman–Crippen LogP) is 3.51. The molecular weight excluding hydrogens is 260 g/mol. The van der Waals surface area contributed by atoms with Gasteiger partial charge in [0.25, 0.3) is 0 Å². The lowest BCUT2D eigenvalue weighted by Crippen LogP contribution is -2.11. The highest BCUT2D eigenvalue weighted by Crippen LogP contribution is 2.22. The summed E-state index contributed by atoms with van der Waals surface area (Å²) in [5.41, 5.74) is 8.03. The second-order valence-electron chi connectivity index (χ2n) is 4.27. The number of ether oxygens (including phenoxy) is 1. The van der Waals surface area contributed by atoms with Crippen LogP contribution >= 0.6 is 11.6 Å². The van der Waals surface area contributed by atoms with Crippen LogP contribution in [0, 0.1) is 12.3 Å². The van der Waals surface area contributed by atoms with Gasteiger partial charge in [-0.25, -0.2) is 0 Å². The van der Waals surface area contributed by atoms with E-state index in [1.807, 2.05) is 43.3 Å². The van der Waals surface area contributed by atoms with Gasteiger partial charge < -0.3 is 10.5 Å². The molecule has 0 saturated carbocycles. The smallest absolute Gasteiger partial charge is 0.122 e. The Balaban J connectivity index is 2.12. The quantitative estimate of drug-likeness (QED) is 0.662. The van der Waals surface area contributed by atoms with E-state index in [0.29, 0.717) is 17.2 Å². The van der Waals surface area contributed by atoms with Crippen molar-refractivity contribution in [3.05, 3.63) is 64.2 Å². The Hall–Kier alpha value is -2.00. The first-order valence-corrected chi connectivity index (χ1v) is 6.27. The Labute approximate surface area is 117 Å². The summed E-state index contributed by atoms with van der Waals surface area (Å²) in [4.78, 5) is 0. The molecule has 98 valence electrons. The normalized spacial score (nSPS) is 10.2. The molecule has 2 rings (SSSR count). The van der Waals surface area contributed by atoms with Crippen molar-refractivity contribution in [2.75, 3.05) is 0 Å². The van der Waals surface area contributed by atoms with Crippen LogP contribution < -0.4 is 10.5 Å². The van der Waals surface area contributed by atoms with Gasteiger partial charge in [-0.3, -0.25) is 5.41 Å². The maximum Gasteiger partial charge on any atom is 0.122 e. The number of nitrogens with two attached hydrogens (primary N) is 1. The number of hydrogen-bond acceptors (Lipinski definition) is 2. The van der Waals surface area contributed by atoms with Crippen molar-refractivity contribution >= 4 is 17.4 Å². The van der Waals surface area contributed by atoms with Crippen LogP contribution in [0.5, 0.6) is 5.75 Å². The Morgan fingerprint density at radius 3 is 2.63 bits per heavy atom. The summed E-state index contributed by atoms with van der Waals surface area (Å²) >= 11 is 6.07. The highest BCUT2D eigenvalue weighted by molar-refractivity contribution is 6.31. The van der Waals surface area contributed by atoms with Crippen molar-refractivity contribution in [1.29, 1.82) is 5.41 Å². The first-order chi connectivity index (χ1) is 9.08. The molecule has 0 fully saturated rings. The molecule has 0 unspecified atom stereocenters. The zero-order valence-corrected chi connectivity index (χ0v) is 11.4. The van der Waals surface area contributed by atoms with Crippen molar-refractivity contribution < 1.29 is 4.74 Å². The van der Waals surface area contributed by atoms with Crippen LogP contribution in [-0.2, 0) is 6.61 Å². The van der Waals surface area contributed by atoms with E-state index in [1.54, 1.807) is 6.07 Å². The van der Waals surface area contributed by atoms with Gasteiger partial charge in [0.2, 0.25) is 0 Å². The molecule has 2 aromatic carbocycles. The monoisotopic (exact) mass is 274 g/mol. The largest absolute Gasteiger partial charge is 0.489 e. The molecule has 0 aliphatic rings. The van der Waals surface area contributed by atoms with Crippen LogP contribution in [0.3, 0.4) is 0 Å². The number of hydrogen-bond donors (Lipinski definition) is 2. The molecule has 19 heavy (non-hydrogen) atoms. The molecule has 0 saturated heterocycles. The van der Waals surface area contributed by atoms with Crippen molar-refractivity contribution in [3.8, 4) is 5.75 Å². The first-order valence-electron chi connectivity index (χ1n) is 5.89. The summed E-state index contributed by atoms with van der Waals surface area (Å²) in [6.45, 7) is 2.34. The second kappa shape index (κ2) is 5.76. The van der Waals surface area contributed by atoms with Crippen LogP contribution in [0.4, 0.5) is 0 Å². The lowest BCUT2D eigenvalue weighted by molar-refractivity contribution is 0.304. The summed E-state index contributed by atoms with van der Waals surface area (Å²) in [6.07, 6.45) is 0. The van der Waals surface area contributed by atoms with Gasteiger partial charge in [0.05, 0.1) is 0 Å². The van der Waals surface area contributed by atoms with Crippen molar-refractivity contribution in [1.82, 2.24) is 0 Å². The minimum absolute atomic E-state index is 0.0563. The molecule has 3 N–H and O–H groups in total. The maximum atomic E-state index is 7.39. The van der Waals surface area contributed by atoms with E-state index in [0.717, 1.165) is 16.9 Å². The Kier molecular flexibility index (Phi) is 4.07. The van der Waals surface area contributed by atoms with Gasteiger partial charge in [0.15, 0.2) is 0 Å². The number of amidine groups is 1. The van der Waals surface area contributed by atoms with Crippen LogP contribution in [0.1, 0.15) is 16.7 Å². The fourth-order valence-electron chi connectivity index (χ4n) is 1.75. The molecular formula is C15H15ClN2O. The van der Waals surface area contributed by atoms with E-state index in [9.17, 15) is 0 Å². The molecule has 2 aromatic rings. The third-order valence-electron chi connectivity index (χ3n) is 2.83. The fraction of sp³-hybridized carbons (Fsp3) is 0.133. The summed E-state index contributed by atoms with van der Waals surface area (Å²) in [7, 11) is 0. The van der Waals surface area contributed by atoms with Gasteiger partial charge in [-0.05, 0) is 36.8 Å². The number of nitrogens with one attached hydrogen (secondary N) is 1. The topological polar surface area (TPSA) is 59.1 Å². The van der Waals surface area contributed by atoms with E-state index in [4.69, 9.17) is 27.5 Å². The number of halogens is 1. The van der Waals surface area contributed by atoms with Crippen LogP contribution in [0.25, 0.3) is 0 Å². The Morgan fingerprint density at radius 2 is 2.00 bits per heavy atom. The molecule has 0 radical (unpaired) electrons. The van der Waals surface area contributed by atoms with E-state index < -0.39 is 0 Å². The van der Waals surface area contributed by atoms with Gasteiger partial charge in [-0.1, -0.05) is 29.8 Å². The average Bonchev–Trinajstić information content (AvgIpc) is 2.39. The second-order valence-corrected chi connectivity index (χ2v) is 4.68. The van der Waals surface area contributed by atoms with Crippen LogP contribution in [0.2, 0.25) is 5.02 Å². The minimum Gasteiger partial charge on any atom is -0.489 e. The maximum absolute atomic E-state index is 7.39. The first kappa shape index (κ1) is 13.4. The van der Waals surface area contributed by atoms with E-state index in [1.165, 1.54) is 0 Å². The van der Waals surface area contributed by atoms with E-state index in [2.05, 4.69) is 0 Å². The van der Waals surface area contributed by atoms with Crippen LogP contribution in [-0.4, -0.2) is 5.84 Å². The SMILES string of the molecule is Cc1cc(C(=N)N)ccc1OCc1ccccc1Cl. The summed E-state index contributed by atoms with van der Waals surface area (Å²) < 4.78 is 5.74. The summed E-state index contributed by atoms with van der Waals surface area (Å²) in [5.74, 6) is 0.825. The molecule has 0 aliphatic heterocycles. The summed E-state index contributed by atoms with van der Waals surface area (Å²) in [5, 5.41) is 8.08. The molecule has 0 amide bonds. The predicted molar refractivity (Wildman–Crippen MR) is 78.0 cm³/mol. The van der Waals surface area contributed by atoms with Gasteiger partial charge in [0.1, 0.15) is 18.2 Å². The van der Waals surface area contributed by atoms with Crippen molar-refractivity contribution in [3.63, 3.8) is 0 Å². The lowest BCUT2D eigenvalue weighted by atomic mass is 10.1. The molecule has 0 spiro atoms. The highest BCUT2D eigenvalue weighted by Gasteiger charge is 2.05. The number of aryl methyl sites for hydroxylation is 1. The third kappa shape index (κ3) is 3.26. The molecule has 3 nitrogen and oxygen atoms in total. The fourth-order valence-corrected chi connectivity index (χ4v) is 1.94. The van der Waals surface area contributed by atoms with E-state index in [-0.39, 0.29) is 5.84 Å². The van der Waals surface area contributed by atoms with Gasteiger partial charge >= 0.3 is 0 Å². The van der Waals surface area contributed by atoms with Crippen LogP contribution in [0.15, 0.2) is 42.5 Å². The molecule has 0 aromatic heterocycles. The average molecular weight is 275 g/mol. The van der Waals surface area contributed by atoms with Crippen molar-refractivity contribution in [2.45, 2.75) is 13.5 Å². The lowest BCUT2D eigenvalue weighted by Gasteiger charge is -2.11. The molecule has 0 aliphatic carbocycles. The zero-order valence-electron chi connectivity index (χ0n) is 10.6. The highest BCUT2D eigenvalue weighted by atomic mass is 35.5. The molecule has 4 heteroatoms. The van der Waals surface area contributed by atoms with Gasteiger partial charge in [-0.15, -0.1) is 0 Å². The number of rotatable bonds is 4. The third-order valence-corrected chi connectivity index (χ3v) is 3.20. The summed E-state index contributed by atoms with van der Waals surface area (Å²) in [6, 6.07) is 13.0. The van der Waals surface area contributed by atoms with Crippen molar-refractivity contribution in [2.24, 2.45) is 5.73 Å². The van der Waals surface area contributed by atoms with Gasteiger partial charge in [-0.2, -0.15) is 0 Å². The Morgan fingerprint density at radius 1 is 1.26 bits per heavy atom. The molecule has 0 atom stereocenters. The zero-order chi connectivity index (χ0) is 13.8. The molecule has 0 bridgehead atoms. The molecule has 0 heterocycles. The van der Waals surface area contributed by atoms with E-state index >= 15 is 0 Å². The minimum atomic E-state index is 0.0563. The standard InChI is InChI=1S/C15H15ClN2O/c1-10-8-11(15(17)18)6-7-14(10)19-9-12-4-2-3-5-13(12)16/h2-8H,9H2,1H3,(H3,17,18). The Bertz CT molecular complexity index is 611. The number of nitrogen functional groups attached to an aromatic ring is 1. The number of benzene rings is 2. The van der Waals surface area contributed by atoms with Gasteiger partial charge in [0, 0.05) is 16.1 Å².